The van der Waals surface area contributed by atoms with Gasteiger partial charge in [-0.25, -0.2) is 9.97 Å². The molecule has 0 aliphatic heterocycles. The molecule has 0 bridgehead atoms. The Hall–Kier alpha value is -1.06. The van der Waals surface area contributed by atoms with Crippen molar-refractivity contribution in [1.29, 1.82) is 0 Å². The topological polar surface area (TPSA) is 38.9 Å². The van der Waals surface area contributed by atoms with Crippen molar-refractivity contribution in [2.45, 2.75) is 38.5 Å². The summed E-state index contributed by atoms with van der Waals surface area (Å²) in [7, 11) is 0. The lowest BCUT2D eigenvalue weighted by Gasteiger charge is -2.13. The van der Waals surface area contributed by atoms with E-state index in [0.717, 1.165) is 24.0 Å². The fourth-order valence-electron chi connectivity index (χ4n) is 2.67. The molecule has 0 radical (unpaired) electrons. The lowest BCUT2D eigenvalue weighted by molar-refractivity contribution is 0.575. The number of aromatic nitrogens is 2. The van der Waals surface area contributed by atoms with Crippen molar-refractivity contribution in [2.75, 3.05) is 0 Å². The Bertz CT molecular complexity index is 580. The number of nitrogens with zero attached hydrogens (tertiary/aromatic N) is 2. The quantitative estimate of drug-likeness (QED) is 0.731. The summed E-state index contributed by atoms with van der Waals surface area (Å²) in [5, 5.41) is 0.912. The van der Waals surface area contributed by atoms with Crippen molar-refractivity contribution >= 4 is 23.2 Å². The fourth-order valence-corrected chi connectivity index (χ4v) is 3.37. The van der Waals surface area contributed by atoms with Crippen molar-refractivity contribution in [1.82, 2.24) is 9.97 Å². The monoisotopic (exact) mass is 296 g/mol. The van der Waals surface area contributed by atoms with Crippen LogP contribution in [0.2, 0.25) is 10.3 Å². The number of rotatable bonds is 2. The first kappa shape index (κ1) is 12.9. The molecular formula is C14H14Cl2N2O. The molecule has 0 unspecified atom stereocenters. The van der Waals surface area contributed by atoms with Crippen LogP contribution in [-0.4, -0.2) is 9.97 Å². The third-order valence-electron chi connectivity index (χ3n) is 3.68. The second-order valence-electron chi connectivity index (χ2n) is 4.96. The third-order valence-corrected chi connectivity index (χ3v) is 4.26. The predicted molar refractivity (Wildman–Crippen MR) is 75.7 cm³/mol. The van der Waals surface area contributed by atoms with Crippen LogP contribution in [0.4, 0.5) is 0 Å². The Labute approximate surface area is 122 Å². The molecule has 1 fully saturated rings. The summed E-state index contributed by atoms with van der Waals surface area (Å²) < 4.78 is 5.38. The molecule has 1 aliphatic carbocycles. The van der Waals surface area contributed by atoms with Crippen LogP contribution in [0.15, 0.2) is 16.7 Å². The Morgan fingerprint density at radius 2 is 1.79 bits per heavy atom. The zero-order valence-corrected chi connectivity index (χ0v) is 12.1. The number of halogens is 2. The van der Waals surface area contributed by atoms with Crippen LogP contribution in [0.1, 0.15) is 42.7 Å². The van der Waals surface area contributed by atoms with Crippen LogP contribution < -0.4 is 0 Å². The van der Waals surface area contributed by atoms with Crippen LogP contribution in [0, 0.1) is 6.92 Å². The molecule has 19 heavy (non-hydrogen) atoms. The van der Waals surface area contributed by atoms with E-state index in [2.05, 4.69) is 9.97 Å². The van der Waals surface area contributed by atoms with Gasteiger partial charge in [-0.1, -0.05) is 36.0 Å². The minimum atomic E-state index is 0.395. The first-order valence-corrected chi connectivity index (χ1v) is 7.20. The highest BCUT2D eigenvalue weighted by Crippen LogP contribution is 2.40. The molecule has 2 aromatic rings. The van der Waals surface area contributed by atoms with Gasteiger partial charge in [-0.2, -0.15) is 0 Å². The highest BCUT2D eigenvalue weighted by molar-refractivity contribution is 6.34. The molecule has 1 saturated carbocycles. The second kappa shape index (κ2) is 5.14. The summed E-state index contributed by atoms with van der Waals surface area (Å²) >= 11 is 12.6. The minimum absolute atomic E-state index is 0.395. The Balaban J connectivity index is 2.05. The van der Waals surface area contributed by atoms with Gasteiger partial charge < -0.3 is 4.42 Å². The van der Waals surface area contributed by atoms with Gasteiger partial charge in [0.2, 0.25) is 0 Å². The molecular weight excluding hydrogens is 283 g/mol. The van der Waals surface area contributed by atoms with Gasteiger partial charge >= 0.3 is 0 Å². The Morgan fingerprint density at radius 3 is 2.32 bits per heavy atom. The second-order valence-corrected chi connectivity index (χ2v) is 5.67. The number of hydrogen-bond acceptors (Lipinski definition) is 3. The lowest BCUT2D eigenvalue weighted by Crippen LogP contribution is -2.01. The van der Waals surface area contributed by atoms with Crippen LogP contribution in [0.3, 0.4) is 0 Å². The van der Waals surface area contributed by atoms with E-state index in [9.17, 15) is 0 Å². The largest absolute Gasteiger partial charge is 0.461 e. The molecule has 0 amide bonds. The van der Waals surface area contributed by atoms with Gasteiger partial charge in [0.15, 0.2) is 11.6 Å². The van der Waals surface area contributed by atoms with E-state index in [0.29, 0.717) is 27.8 Å². The zero-order chi connectivity index (χ0) is 13.4. The fraction of sp³-hybridized carbons (Fsp3) is 0.429. The summed E-state index contributed by atoms with van der Waals surface area (Å²) in [6, 6.07) is 1.87. The van der Waals surface area contributed by atoms with Crippen LogP contribution in [0.5, 0.6) is 0 Å². The number of hydrogen-bond donors (Lipinski definition) is 0. The van der Waals surface area contributed by atoms with E-state index < -0.39 is 0 Å². The Morgan fingerprint density at radius 1 is 1.16 bits per heavy atom. The standard InChI is InChI=1S/C14H14Cl2N2O/c1-8-6-7-19-11(8)14-17-12(15)10(13(16)18-14)9-4-2-3-5-9/h6-7,9H,2-5H2,1H3. The maximum Gasteiger partial charge on any atom is 0.198 e. The first-order chi connectivity index (χ1) is 9.16. The third kappa shape index (κ3) is 2.37. The van der Waals surface area contributed by atoms with Crippen LogP contribution >= 0.6 is 23.2 Å². The highest BCUT2D eigenvalue weighted by Gasteiger charge is 2.25. The van der Waals surface area contributed by atoms with Crippen molar-refractivity contribution in [3.63, 3.8) is 0 Å². The summed E-state index contributed by atoms with van der Waals surface area (Å²) in [5.74, 6) is 1.48. The van der Waals surface area contributed by atoms with E-state index in [1.807, 2.05) is 13.0 Å². The SMILES string of the molecule is Cc1ccoc1-c1nc(Cl)c(C2CCCC2)c(Cl)n1. The molecule has 0 aromatic carbocycles. The number of aryl methyl sites for hydroxylation is 1. The van der Waals surface area contributed by atoms with Gasteiger partial charge in [0.25, 0.3) is 0 Å². The summed E-state index contributed by atoms with van der Waals surface area (Å²) in [4.78, 5) is 8.72. The van der Waals surface area contributed by atoms with Gasteiger partial charge in [0, 0.05) is 5.56 Å². The summed E-state index contributed by atoms with van der Waals surface area (Å²) in [5.41, 5.74) is 1.87. The molecule has 1 aliphatic rings. The average molecular weight is 297 g/mol. The smallest absolute Gasteiger partial charge is 0.198 e. The predicted octanol–water partition coefficient (Wildman–Crippen LogP) is 5.01. The Kier molecular flexibility index (Phi) is 3.50. The summed E-state index contributed by atoms with van der Waals surface area (Å²) in [6.45, 7) is 1.94. The minimum Gasteiger partial charge on any atom is -0.461 e. The van der Waals surface area contributed by atoms with Gasteiger partial charge in [-0.05, 0) is 37.3 Å². The molecule has 5 heteroatoms. The van der Waals surface area contributed by atoms with Gasteiger partial charge in [-0.15, -0.1) is 0 Å². The molecule has 3 nitrogen and oxygen atoms in total. The normalized spacial score (nSPS) is 16.2. The van der Waals surface area contributed by atoms with E-state index in [4.69, 9.17) is 27.6 Å². The van der Waals surface area contributed by atoms with Crippen molar-refractivity contribution < 1.29 is 4.42 Å². The van der Waals surface area contributed by atoms with Gasteiger partial charge in [0.05, 0.1) is 6.26 Å². The van der Waals surface area contributed by atoms with E-state index in [1.165, 1.54) is 12.8 Å². The van der Waals surface area contributed by atoms with Crippen molar-refractivity contribution in [3.05, 3.63) is 33.8 Å². The molecule has 100 valence electrons. The lowest BCUT2D eigenvalue weighted by atomic mass is 10.0. The number of furan rings is 1. The van der Waals surface area contributed by atoms with Gasteiger partial charge in [-0.3, -0.25) is 0 Å². The van der Waals surface area contributed by atoms with E-state index >= 15 is 0 Å². The van der Waals surface area contributed by atoms with Crippen LogP contribution in [0.25, 0.3) is 11.6 Å². The molecule has 0 spiro atoms. The maximum atomic E-state index is 6.31. The van der Waals surface area contributed by atoms with Gasteiger partial charge in [0.1, 0.15) is 10.3 Å². The zero-order valence-electron chi connectivity index (χ0n) is 10.6. The van der Waals surface area contributed by atoms with Crippen molar-refractivity contribution in [2.24, 2.45) is 0 Å². The summed E-state index contributed by atoms with van der Waals surface area (Å²) in [6.07, 6.45) is 6.28. The van der Waals surface area contributed by atoms with E-state index in [-0.39, 0.29) is 0 Å². The van der Waals surface area contributed by atoms with Crippen LogP contribution in [-0.2, 0) is 0 Å². The molecule has 2 heterocycles. The molecule has 0 saturated heterocycles. The first-order valence-electron chi connectivity index (χ1n) is 6.44. The highest BCUT2D eigenvalue weighted by atomic mass is 35.5. The molecule has 2 aromatic heterocycles. The average Bonchev–Trinajstić information content (AvgIpc) is 2.99. The van der Waals surface area contributed by atoms with Crippen molar-refractivity contribution in [3.8, 4) is 11.6 Å². The molecule has 3 rings (SSSR count). The van der Waals surface area contributed by atoms with E-state index in [1.54, 1.807) is 6.26 Å². The molecule has 0 N–H and O–H groups in total. The molecule has 0 atom stereocenters. The maximum absolute atomic E-state index is 6.31.